The van der Waals surface area contributed by atoms with Crippen LogP contribution in [0.5, 0.6) is 5.75 Å². The summed E-state index contributed by atoms with van der Waals surface area (Å²) in [6, 6.07) is 7.99. The maximum absolute atomic E-state index is 13.4. The lowest BCUT2D eigenvalue weighted by atomic mass is 10.1. The summed E-state index contributed by atoms with van der Waals surface area (Å²) in [5.41, 5.74) is 0.621. The fourth-order valence-corrected chi connectivity index (χ4v) is 3.95. The largest absolute Gasteiger partial charge is 0.497 e. The molecule has 1 atom stereocenters. The van der Waals surface area contributed by atoms with E-state index in [-0.39, 0.29) is 29.6 Å². The molecule has 1 aromatic heterocycles. The minimum absolute atomic E-state index is 0.0235. The number of amides is 2. The van der Waals surface area contributed by atoms with Gasteiger partial charge in [0.25, 0.3) is 11.8 Å². The maximum atomic E-state index is 13.4. The van der Waals surface area contributed by atoms with E-state index in [4.69, 9.17) is 4.74 Å². The van der Waals surface area contributed by atoms with Crippen LogP contribution in [0.2, 0.25) is 0 Å². The Morgan fingerprint density at radius 1 is 1.18 bits per heavy atom. The lowest BCUT2D eigenvalue weighted by Gasteiger charge is -2.35. The minimum Gasteiger partial charge on any atom is -0.497 e. The number of carbonyl (C=O) groups is 2. The highest BCUT2D eigenvalue weighted by atomic mass is 16.5. The first-order valence-corrected chi connectivity index (χ1v) is 11.7. The normalized spacial score (nSPS) is 15.0. The lowest BCUT2D eigenvalue weighted by molar-refractivity contribution is 0.0626. The Bertz CT molecular complexity index is 1090. The van der Waals surface area contributed by atoms with Gasteiger partial charge in [0, 0.05) is 57.7 Å². The summed E-state index contributed by atoms with van der Waals surface area (Å²) in [6.45, 7) is 11.0. The summed E-state index contributed by atoms with van der Waals surface area (Å²) < 4.78 is 7.09. The average molecular weight is 467 g/mol. The van der Waals surface area contributed by atoms with Crippen LogP contribution in [0.25, 0.3) is 0 Å². The number of benzene rings is 1. The number of nitrogens with zero attached hydrogens (tertiary/aromatic N) is 3. The SMILES string of the molecule is C=CCNC(=O)c1cn([C@@H](C)CC)cc(C(=O)N2CCN(Cc3cccc(OC)c3)CC2)c1=O. The van der Waals surface area contributed by atoms with Crippen LogP contribution >= 0.6 is 0 Å². The molecular formula is C26H34N4O4. The number of pyridine rings is 1. The zero-order chi connectivity index (χ0) is 24.7. The van der Waals surface area contributed by atoms with Gasteiger partial charge < -0.3 is 19.5 Å². The van der Waals surface area contributed by atoms with Crippen molar-refractivity contribution in [1.82, 2.24) is 19.7 Å². The number of methoxy groups -OCH3 is 1. The van der Waals surface area contributed by atoms with Crippen molar-refractivity contribution < 1.29 is 14.3 Å². The van der Waals surface area contributed by atoms with E-state index in [0.29, 0.717) is 26.2 Å². The molecule has 34 heavy (non-hydrogen) atoms. The second kappa shape index (κ2) is 11.7. The Hall–Kier alpha value is -3.39. The van der Waals surface area contributed by atoms with Gasteiger partial charge in [0.15, 0.2) is 0 Å². The fourth-order valence-electron chi connectivity index (χ4n) is 3.95. The minimum atomic E-state index is -0.537. The molecule has 1 aliphatic rings. The number of ether oxygens (including phenoxy) is 1. The molecule has 1 saturated heterocycles. The Kier molecular flexibility index (Phi) is 8.65. The molecule has 1 aromatic carbocycles. The summed E-state index contributed by atoms with van der Waals surface area (Å²) in [5.74, 6) is -0.0120. The summed E-state index contributed by atoms with van der Waals surface area (Å²) in [4.78, 5) is 43.0. The van der Waals surface area contributed by atoms with Gasteiger partial charge in [-0.1, -0.05) is 25.1 Å². The molecule has 1 fully saturated rings. The number of rotatable bonds is 9. The van der Waals surface area contributed by atoms with Crippen LogP contribution in [-0.4, -0.2) is 66.0 Å². The first-order valence-electron chi connectivity index (χ1n) is 11.7. The maximum Gasteiger partial charge on any atom is 0.259 e. The van der Waals surface area contributed by atoms with Crippen molar-refractivity contribution >= 4 is 11.8 Å². The highest BCUT2D eigenvalue weighted by Gasteiger charge is 2.27. The standard InChI is InChI=1S/C26H34N4O4/c1-5-10-27-25(32)22-17-30(19(3)6-2)18-23(24(22)31)26(33)29-13-11-28(12-14-29)16-20-8-7-9-21(15-20)34-4/h5,7-9,15,17-19H,1,6,10-14,16H2,2-4H3,(H,27,32)/t19-/m0/s1. The third-order valence-corrected chi connectivity index (χ3v) is 6.23. The molecule has 8 heteroatoms. The Balaban J connectivity index is 1.76. The molecule has 0 unspecified atom stereocenters. The molecule has 2 heterocycles. The topological polar surface area (TPSA) is 83.9 Å². The molecule has 0 aliphatic carbocycles. The third kappa shape index (κ3) is 5.94. The van der Waals surface area contributed by atoms with E-state index in [0.717, 1.165) is 24.3 Å². The summed E-state index contributed by atoms with van der Waals surface area (Å²) in [5, 5.41) is 2.65. The van der Waals surface area contributed by atoms with E-state index in [1.54, 1.807) is 28.8 Å². The van der Waals surface area contributed by atoms with Gasteiger partial charge in [-0.3, -0.25) is 19.3 Å². The predicted octanol–water partition coefficient (Wildman–Crippen LogP) is 2.70. The average Bonchev–Trinajstić information content (AvgIpc) is 2.87. The van der Waals surface area contributed by atoms with E-state index in [2.05, 4.69) is 22.9 Å². The predicted molar refractivity (Wildman–Crippen MR) is 132 cm³/mol. The Morgan fingerprint density at radius 3 is 2.53 bits per heavy atom. The zero-order valence-electron chi connectivity index (χ0n) is 20.3. The monoisotopic (exact) mass is 466 g/mol. The van der Waals surface area contributed by atoms with Crippen LogP contribution < -0.4 is 15.5 Å². The number of hydrogen-bond acceptors (Lipinski definition) is 5. The number of piperazine rings is 1. The highest BCUT2D eigenvalue weighted by Crippen LogP contribution is 2.17. The molecule has 0 saturated carbocycles. The molecule has 1 aliphatic heterocycles. The summed E-state index contributed by atoms with van der Waals surface area (Å²) in [6.07, 6.45) is 5.47. The molecular weight excluding hydrogens is 432 g/mol. The molecule has 0 bridgehead atoms. The van der Waals surface area contributed by atoms with E-state index < -0.39 is 11.3 Å². The van der Waals surface area contributed by atoms with Crippen LogP contribution in [-0.2, 0) is 6.54 Å². The first kappa shape index (κ1) is 25.2. The Labute approximate surface area is 200 Å². The van der Waals surface area contributed by atoms with E-state index in [1.165, 1.54) is 6.20 Å². The molecule has 2 amide bonds. The lowest BCUT2D eigenvalue weighted by Crippen LogP contribution is -2.49. The molecule has 182 valence electrons. The van der Waals surface area contributed by atoms with Gasteiger partial charge in [-0.25, -0.2) is 0 Å². The molecule has 3 rings (SSSR count). The van der Waals surface area contributed by atoms with Crippen LogP contribution in [0.4, 0.5) is 0 Å². The number of nitrogens with one attached hydrogen (secondary N) is 1. The van der Waals surface area contributed by atoms with Crippen LogP contribution in [0.3, 0.4) is 0 Å². The van der Waals surface area contributed by atoms with Gasteiger partial charge in [0.1, 0.15) is 16.9 Å². The van der Waals surface area contributed by atoms with Gasteiger partial charge in [0.2, 0.25) is 5.43 Å². The number of aromatic nitrogens is 1. The molecule has 8 nitrogen and oxygen atoms in total. The summed E-state index contributed by atoms with van der Waals surface area (Å²) >= 11 is 0. The highest BCUT2D eigenvalue weighted by molar-refractivity contribution is 5.99. The van der Waals surface area contributed by atoms with Gasteiger partial charge in [0.05, 0.1) is 7.11 Å². The van der Waals surface area contributed by atoms with Gasteiger partial charge in [-0.05, 0) is 31.0 Å². The fraction of sp³-hybridized carbons (Fsp3) is 0.423. The molecule has 2 aromatic rings. The Morgan fingerprint density at radius 2 is 1.88 bits per heavy atom. The second-order valence-corrected chi connectivity index (χ2v) is 8.54. The van der Waals surface area contributed by atoms with Crippen LogP contribution in [0.15, 0.2) is 54.1 Å². The van der Waals surface area contributed by atoms with Crippen molar-refractivity contribution in [1.29, 1.82) is 0 Å². The van der Waals surface area contributed by atoms with Gasteiger partial charge >= 0.3 is 0 Å². The van der Waals surface area contributed by atoms with E-state index in [1.807, 2.05) is 32.0 Å². The second-order valence-electron chi connectivity index (χ2n) is 8.54. The molecule has 1 N–H and O–H groups in total. The molecule has 0 spiro atoms. The van der Waals surface area contributed by atoms with Crippen molar-refractivity contribution in [2.75, 3.05) is 39.8 Å². The van der Waals surface area contributed by atoms with E-state index in [9.17, 15) is 14.4 Å². The van der Waals surface area contributed by atoms with Crippen molar-refractivity contribution in [2.45, 2.75) is 32.9 Å². The zero-order valence-corrected chi connectivity index (χ0v) is 20.3. The number of hydrogen-bond donors (Lipinski definition) is 1. The van der Waals surface area contributed by atoms with Gasteiger partial charge in [-0.15, -0.1) is 6.58 Å². The van der Waals surface area contributed by atoms with Crippen LogP contribution in [0.1, 0.15) is 52.6 Å². The third-order valence-electron chi connectivity index (χ3n) is 6.23. The molecule has 0 radical (unpaired) electrons. The van der Waals surface area contributed by atoms with Crippen molar-refractivity contribution in [3.63, 3.8) is 0 Å². The van der Waals surface area contributed by atoms with Crippen molar-refractivity contribution in [3.05, 3.63) is 76.2 Å². The van der Waals surface area contributed by atoms with Crippen LogP contribution in [0, 0.1) is 0 Å². The number of carbonyl (C=O) groups excluding carboxylic acids is 2. The quantitative estimate of drug-likeness (QED) is 0.575. The van der Waals surface area contributed by atoms with Crippen molar-refractivity contribution in [2.24, 2.45) is 0 Å². The van der Waals surface area contributed by atoms with E-state index >= 15 is 0 Å². The van der Waals surface area contributed by atoms with Gasteiger partial charge in [-0.2, -0.15) is 0 Å². The summed E-state index contributed by atoms with van der Waals surface area (Å²) in [7, 11) is 1.65. The smallest absolute Gasteiger partial charge is 0.259 e. The van der Waals surface area contributed by atoms with Crippen molar-refractivity contribution in [3.8, 4) is 5.75 Å². The first-order chi connectivity index (χ1) is 16.4.